The highest BCUT2D eigenvalue weighted by molar-refractivity contribution is 5.79. The highest BCUT2D eigenvalue weighted by Gasteiger charge is 2.30. The van der Waals surface area contributed by atoms with E-state index < -0.39 is 0 Å². The Bertz CT molecular complexity index is 261. The third-order valence-electron chi connectivity index (χ3n) is 4.08. The fraction of sp³-hybridized carbons (Fsp3) is 0.923. The SMILES string of the molecule is CN(C)C1CCCN(C(=O)[C@H]2CCCNC2)C1. The fourth-order valence-electron chi connectivity index (χ4n) is 2.90. The summed E-state index contributed by atoms with van der Waals surface area (Å²) in [5.74, 6) is 0.605. The smallest absolute Gasteiger partial charge is 0.227 e. The van der Waals surface area contributed by atoms with Gasteiger partial charge in [0, 0.05) is 25.7 Å². The number of hydrogen-bond acceptors (Lipinski definition) is 3. The lowest BCUT2D eigenvalue weighted by Crippen LogP contribution is -2.51. The predicted molar refractivity (Wildman–Crippen MR) is 68.9 cm³/mol. The van der Waals surface area contributed by atoms with Gasteiger partial charge in [-0.3, -0.25) is 4.79 Å². The first-order chi connectivity index (χ1) is 8.18. The van der Waals surface area contributed by atoms with Crippen LogP contribution in [-0.4, -0.2) is 62.0 Å². The van der Waals surface area contributed by atoms with E-state index in [1.54, 1.807) is 0 Å². The summed E-state index contributed by atoms with van der Waals surface area (Å²) in [6, 6.07) is 0.546. The van der Waals surface area contributed by atoms with Gasteiger partial charge in [0.2, 0.25) is 5.91 Å². The van der Waals surface area contributed by atoms with Crippen LogP contribution in [-0.2, 0) is 4.79 Å². The van der Waals surface area contributed by atoms with Gasteiger partial charge in [0.25, 0.3) is 0 Å². The molecule has 2 atom stereocenters. The normalized spacial score (nSPS) is 30.6. The molecular formula is C13H25N3O. The van der Waals surface area contributed by atoms with Crippen molar-refractivity contribution in [3.05, 3.63) is 0 Å². The molecule has 0 aliphatic carbocycles. The molecule has 0 saturated carbocycles. The summed E-state index contributed by atoms with van der Waals surface area (Å²) in [7, 11) is 4.22. The molecule has 0 aromatic heterocycles. The van der Waals surface area contributed by atoms with E-state index >= 15 is 0 Å². The highest BCUT2D eigenvalue weighted by atomic mass is 16.2. The molecule has 0 radical (unpaired) electrons. The van der Waals surface area contributed by atoms with Crippen LogP contribution in [0, 0.1) is 5.92 Å². The molecule has 0 aromatic rings. The third-order valence-corrected chi connectivity index (χ3v) is 4.08. The Morgan fingerprint density at radius 2 is 2.12 bits per heavy atom. The molecule has 2 fully saturated rings. The maximum Gasteiger partial charge on any atom is 0.227 e. The minimum absolute atomic E-state index is 0.227. The largest absolute Gasteiger partial charge is 0.341 e. The number of rotatable bonds is 2. The Morgan fingerprint density at radius 1 is 1.29 bits per heavy atom. The molecule has 4 heteroatoms. The van der Waals surface area contributed by atoms with E-state index in [0.29, 0.717) is 11.9 Å². The molecule has 1 amide bonds. The predicted octanol–water partition coefficient (Wildman–Crippen LogP) is 0.539. The van der Waals surface area contributed by atoms with Crippen LogP contribution in [0.15, 0.2) is 0 Å². The molecule has 2 rings (SSSR count). The van der Waals surface area contributed by atoms with Crippen molar-refractivity contribution in [2.24, 2.45) is 5.92 Å². The first kappa shape index (κ1) is 12.8. The summed E-state index contributed by atoms with van der Waals surface area (Å²) >= 11 is 0. The van der Waals surface area contributed by atoms with Crippen molar-refractivity contribution in [3.8, 4) is 0 Å². The Hall–Kier alpha value is -0.610. The standard InChI is InChI=1S/C13H25N3O/c1-15(2)12-6-4-8-16(10-12)13(17)11-5-3-7-14-9-11/h11-12,14H,3-10H2,1-2H3/t11-,12?/m0/s1. The topological polar surface area (TPSA) is 35.6 Å². The molecule has 2 saturated heterocycles. The van der Waals surface area contributed by atoms with Crippen LogP contribution in [0.4, 0.5) is 0 Å². The maximum atomic E-state index is 12.4. The average molecular weight is 239 g/mol. The Labute approximate surface area is 104 Å². The molecule has 2 aliphatic heterocycles. The number of likely N-dealkylation sites (tertiary alicyclic amines) is 1. The molecule has 17 heavy (non-hydrogen) atoms. The lowest BCUT2D eigenvalue weighted by molar-refractivity contribution is -0.138. The van der Waals surface area contributed by atoms with Gasteiger partial charge in [-0.15, -0.1) is 0 Å². The second-order valence-corrected chi connectivity index (χ2v) is 5.59. The zero-order valence-electron chi connectivity index (χ0n) is 11.1. The van der Waals surface area contributed by atoms with Gasteiger partial charge >= 0.3 is 0 Å². The van der Waals surface area contributed by atoms with Crippen molar-refractivity contribution in [2.75, 3.05) is 40.3 Å². The minimum atomic E-state index is 0.227. The molecule has 1 unspecified atom stereocenters. The minimum Gasteiger partial charge on any atom is -0.341 e. The number of carbonyl (C=O) groups is 1. The number of piperidine rings is 2. The molecule has 0 aromatic carbocycles. The number of amides is 1. The summed E-state index contributed by atoms with van der Waals surface area (Å²) in [5.41, 5.74) is 0. The van der Waals surface area contributed by atoms with Crippen molar-refractivity contribution in [1.29, 1.82) is 0 Å². The zero-order chi connectivity index (χ0) is 12.3. The van der Waals surface area contributed by atoms with E-state index in [4.69, 9.17) is 0 Å². The second-order valence-electron chi connectivity index (χ2n) is 5.59. The lowest BCUT2D eigenvalue weighted by atomic mass is 9.96. The van der Waals surface area contributed by atoms with Crippen LogP contribution in [0.1, 0.15) is 25.7 Å². The van der Waals surface area contributed by atoms with Gasteiger partial charge < -0.3 is 15.1 Å². The number of carbonyl (C=O) groups excluding carboxylic acids is 1. The summed E-state index contributed by atoms with van der Waals surface area (Å²) in [4.78, 5) is 16.7. The lowest BCUT2D eigenvalue weighted by Gasteiger charge is -2.38. The average Bonchev–Trinajstić information content (AvgIpc) is 2.39. The molecule has 4 nitrogen and oxygen atoms in total. The first-order valence-corrected chi connectivity index (χ1v) is 6.84. The summed E-state index contributed by atoms with van der Waals surface area (Å²) in [5, 5.41) is 3.33. The van der Waals surface area contributed by atoms with Crippen molar-refractivity contribution in [3.63, 3.8) is 0 Å². The number of hydrogen-bond donors (Lipinski definition) is 1. The van der Waals surface area contributed by atoms with Crippen LogP contribution in [0.3, 0.4) is 0 Å². The van der Waals surface area contributed by atoms with Crippen LogP contribution >= 0.6 is 0 Å². The van der Waals surface area contributed by atoms with Gasteiger partial charge in [0.1, 0.15) is 0 Å². The number of likely N-dealkylation sites (N-methyl/N-ethyl adjacent to an activating group) is 1. The second kappa shape index (κ2) is 5.83. The zero-order valence-corrected chi connectivity index (χ0v) is 11.1. The molecule has 2 aliphatic rings. The molecule has 0 spiro atoms. The van der Waals surface area contributed by atoms with E-state index in [1.165, 1.54) is 6.42 Å². The summed E-state index contributed by atoms with van der Waals surface area (Å²) < 4.78 is 0. The number of nitrogens with zero attached hydrogens (tertiary/aromatic N) is 2. The molecule has 98 valence electrons. The van der Waals surface area contributed by atoms with Gasteiger partial charge in [0.15, 0.2) is 0 Å². The van der Waals surface area contributed by atoms with E-state index in [-0.39, 0.29) is 5.92 Å². The highest BCUT2D eigenvalue weighted by Crippen LogP contribution is 2.19. The van der Waals surface area contributed by atoms with Crippen molar-refractivity contribution in [2.45, 2.75) is 31.7 Å². The van der Waals surface area contributed by atoms with Crippen molar-refractivity contribution >= 4 is 5.91 Å². The van der Waals surface area contributed by atoms with E-state index in [1.807, 2.05) is 0 Å². The summed E-state index contributed by atoms with van der Waals surface area (Å²) in [6.07, 6.45) is 4.57. The monoisotopic (exact) mass is 239 g/mol. The van der Waals surface area contributed by atoms with E-state index in [9.17, 15) is 4.79 Å². The molecule has 1 N–H and O–H groups in total. The van der Waals surface area contributed by atoms with Gasteiger partial charge in [0.05, 0.1) is 5.92 Å². The van der Waals surface area contributed by atoms with E-state index in [2.05, 4.69) is 29.2 Å². The molecule has 2 heterocycles. The van der Waals surface area contributed by atoms with Crippen LogP contribution < -0.4 is 5.32 Å². The molecule has 0 bridgehead atoms. The van der Waals surface area contributed by atoms with E-state index in [0.717, 1.165) is 45.4 Å². The van der Waals surface area contributed by atoms with Crippen LogP contribution in [0.2, 0.25) is 0 Å². The fourth-order valence-corrected chi connectivity index (χ4v) is 2.90. The quantitative estimate of drug-likeness (QED) is 0.764. The number of nitrogens with one attached hydrogen (secondary N) is 1. The van der Waals surface area contributed by atoms with Crippen LogP contribution in [0.5, 0.6) is 0 Å². The van der Waals surface area contributed by atoms with Gasteiger partial charge in [-0.2, -0.15) is 0 Å². The Kier molecular flexibility index (Phi) is 4.40. The van der Waals surface area contributed by atoms with Crippen molar-refractivity contribution < 1.29 is 4.79 Å². The maximum absolute atomic E-state index is 12.4. The van der Waals surface area contributed by atoms with Gasteiger partial charge in [-0.1, -0.05) is 0 Å². The van der Waals surface area contributed by atoms with Gasteiger partial charge in [-0.25, -0.2) is 0 Å². The Morgan fingerprint density at radius 3 is 2.76 bits per heavy atom. The van der Waals surface area contributed by atoms with Gasteiger partial charge in [-0.05, 0) is 46.3 Å². The summed E-state index contributed by atoms with van der Waals surface area (Å²) in [6.45, 7) is 3.83. The van der Waals surface area contributed by atoms with Crippen LogP contribution in [0.25, 0.3) is 0 Å². The first-order valence-electron chi connectivity index (χ1n) is 6.84. The molecular weight excluding hydrogens is 214 g/mol. The third kappa shape index (κ3) is 3.19. The van der Waals surface area contributed by atoms with Crippen molar-refractivity contribution in [1.82, 2.24) is 15.1 Å². The Balaban J connectivity index is 1.89.